The van der Waals surface area contributed by atoms with Crippen molar-refractivity contribution in [3.05, 3.63) is 29.8 Å². The maximum Gasteiger partial charge on any atom is 0.320 e. The lowest BCUT2D eigenvalue weighted by atomic mass is 9.84. The first-order chi connectivity index (χ1) is 10.6. The molecule has 2 heterocycles. The van der Waals surface area contributed by atoms with Crippen LogP contribution in [0.1, 0.15) is 44.2 Å². The minimum Gasteiger partial charge on any atom is -0.480 e. The van der Waals surface area contributed by atoms with Gasteiger partial charge in [0.25, 0.3) is 0 Å². The lowest BCUT2D eigenvalue weighted by Gasteiger charge is -2.34. The SMILES string of the molecule is C[C@H]1CC[C@@H](C(=O)O)N[C@@H]1c1cccc(N2CCCC2=O)c1. The van der Waals surface area contributed by atoms with Crippen molar-refractivity contribution in [2.24, 2.45) is 5.92 Å². The molecule has 0 radical (unpaired) electrons. The number of carbonyl (C=O) groups excluding carboxylic acids is 1. The van der Waals surface area contributed by atoms with Gasteiger partial charge in [0.1, 0.15) is 6.04 Å². The summed E-state index contributed by atoms with van der Waals surface area (Å²) in [6.45, 7) is 2.91. The van der Waals surface area contributed by atoms with Gasteiger partial charge in [-0.2, -0.15) is 0 Å². The summed E-state index contributed by atoms with van der Waals surface area (Å²) in [4.78, 5) is 25.0. The van der Waals surface area contributed by atoms with Crippen molar-refractivity contribution in [3.63, 3.8) is 0 Å². The first-order valence-electron chi connectivity index (χ1n) is 7.95. The number of benzene rings is 1. The van der Waals surface area contributed by atoms with Gasteiger partial charge in [-0.15, -0.1) is 0 Å². The fraction of sp³-hybridized carbons (Fsp3) is 0.529. The van der Waals surface area contributed by atoms with Crippen LogP contribution in [-0.2, 0) is 9.59 Å². The number of hydrogen-bond acceptors (Lipinski definition) is 3. The average molecular weight is 302 g/mol. The number of amides is 1. The summed E-state index contributed by atoms with van der Waals surface area (Å²) in [6, 6.07) is 7.49. The molecule has 2 fully saturated rings. The largest absolute Gasteiger partial charge is 0.480 e. The number of aliphatic carboxylic acids is 1. The van der Waals surface area contributed by atoms with Crippen LogP contribution < -0.4 is 10.2 Å². The van der Waals surface area contributed by atoms with Gasteiger partial charge in [0.2, 0.25) is 5.91 Å². The van der Waals surface area contributed by atoms with Crippen LogP contribution in [0.25, 0.3) is 0 Å². The molecule has 5 heteroatoms. The van der Waals surface area contributed by atoms with E-state index >= 15 is 0 Å². The second kappa shape index (κ2) is 6.08. The summed E-state index contributed by atoms with van der Waals surface area (Å²) in [5.41, 5.74) is 1.99. The van der Waals surface area contributed by atoms with E-state index in [-0.39, 0.29) is 11.9 Å². The Bertz CT molecular complexity index is 587. The number of piperidine rings is 1. The fourth-order valence-electron chi connectivity index (χ4n) is 3.49. The van der Waals surface area contributed by atoms with Crippen LogP contribution in [0, 0.1) is 5.92 Å². The third-order valence-corrected chi connectivity index (χ3v) is 4.77. The molecule has 0 spiro atoms. The van der Waals surface area contributed by atoms with Crippen molar-refractivity contribution in [2.45, 2.75) is 44.7 Å². The van der Waals surface area contributed by atoms with Crippen LogP contribution in [0.2, 0.25) is 0 Å². The predicted molar refractivity (Wildman–Crippen MR) is 83.7 cm³/mol. The van der Waals surface area contributed by atoms with Crippen LogP contribution in [0.15, 0.2) is 24.3 Å². The van der Waals surface area contributed by atoms with E-state index in [1.807, 2.05) is 29.2 Å². The zero-order valence-corrected chi connectivity index (χ0v) is 12.8. The van der Waals surface area contributed by atoms with E-state index in [4.69, 9.17) is 0 Å². The van der Waals surface area contributed by atoms with E-state index in [0.29, 0.717) is 18.8 Å². The van der Waals surface area contributed by atoms with Gasteiger partial charge in [0.15, 0.2) is 0 Å². The summed E-state index contributed by atoms with van der Waals surface area (Å²) in [5.74, 6) is -0.242. The molecule has 0 aromatic heterocycles. The molecule has 22 heavy (non-hydrogen) atoms. The Labute approximate surface area is 130 Å². The van der Waals surface area contributed by atoms with E-state index in [1.54, 1.807) is 0 Å². The Morgan fingerprint density at radius 2 is 2.18 bits per heavy atom. The number of anilines is 1. The highest BCUT2D eigenvalue weighted by Crippen LogP contribution is 2.33. The molecule has 1 amide bonds. The third-order valence-electron chi connectivity index (χ3n) is 4.77. The molecule has 2 saturated heterocycles. The summed E-state index contributed by atoms with van der Waals surface area (Å²) in [7, 11) is 0. The van der Waals surface area contributed by atoms with Gasteiger partial charge in [-0.05, 0) is 42.9 Å². The van der Waals surface area contributed by atoms with Crippen LogP contribution in [0.5, 0.6) is 0 Å². The van der Waals surface area contributed by atoms with E-state index in [2.05, 4.69) is 12.2 Å². The van der Waals surface area contributed by atoms with Crippen LogP contribution >= 0.6 is 0 Å². The molecule has 0 aliphatic carbocycles. The molecule has 2 aliphatic rings. The van der Waals surface area contributed by atoms with Crippen molar-refractivity contribution in [1.82, 2.24) is 5.32 Å². The Morgan fingerprint density at radius 1 is 1.36 bits per heavy atom. The number of carbonyl (C=O) groups is 2. The van der Waals surface area contributed by atoms with Crippen molar-refractivity contribution < 1.29 is 14.7 Å². The number of nitrogens with zero attached hydrogens (tertiary/aromatic N) is 1. The highest BCUT2D eigenvalue weighted by molar-refractivity contribution is 5.95. The Morgan fingerprint density at radius 3 is 2.86 bits per heavy atom. The minimum atomic E-state index is -0.789. The van der Waals surface area contributed by atoms with Crippen molar-refractivity contribution in [3.8, 4) is 0 Å². The molecule has 1 aromatic carbocycles. The van der Waals surface area contributed by atoms with Gasteiger partial charge < -0.3 is 10.0 Å². The van der Waals surface area contributed by atoms with Gasteiger partial charge in [-0.3, -0.25) is 14.9 Å². The second-order valence-corrected chi connectivity index (χ2v) is 6.33. The molecule has 2 aliphatic heterocycles. The number of carboxylic acids is 1. The van der Waals surface area contributed by atoms with E-state index in [1.165, 1.54) is 0 Å². The van der Waals surface area contributed by atoms with Crippen molar-refractivity contribution in [1.29, 1.82) is 0 Å². The van der Waals surface area contributed by atoms with Gasteiger partial charge in [-0.25, -0.2) is 0 Å². The number of hydrogen-bond donors (Lipinski definition) is 2. The number of nitrogens with one attached hydrogen (secondary N) is 1. The van der Waals surface area contributed by atoms with E-state index in [0.717, 1.165) is 30.6 Å². The Kier molecular flexibility index (Phi) is 4.16. The summed E-state index contributed by atoms with van der Waals surface area (Å²) < 4.78 is 0. The minimum absolute atomic E-state index is 0.0208. The Balaban J connectivity index is 1.84. The molecular weight excluding hydrogens is 280 g/mol. The molecule has 118 valence electrons. The standard InChI is InChI=1S/C17H22N2O3/c1-11-7-8-14(17(21)22)18-16(11)12-4-2-5-13(10-12)19-9-3-6-15(19)20/h2,4-5,10-11,14,16,18H,3,6-9H2,1H3,(H,21,22)/t11-,14-,16-/m0/s1. The first-order valence-corrected chi connectivity index (χ1v) is 7.95. The molecule has 3 atom stereocenters. The Hall–Kier alpha value is -1.88. The van der Waals surface area contributed by atoms with Crippen LogP contribution in [-0.4, -0.2) is 29.6 Å². The summed E-state index contributed by atoms with van der Waals surface area (Å²) in [6.07, 6.45) is 3.07. The lowest BCUT2D eigenvalue weighted by molar-refractivity contribution is -0.140. The molecule has 0 bridgehead atoms. The molecular formula is C17H22N2O3. The average Bonchev–Trinajstić information content (AvgIpc) is 2.94. The van der Waals surface area contributed by atoms with Crippen LogP contribution in [0.4, 0.5) is 5.69 Å². The highest BCUT2D eigenvalue weighted by atomic mass is 16.4. The summed E-state index contributed by atoms with van der Waals surface area (Å²) in [5, 5.41) is 12.5. The zero-order chi connectivity index (χ0) is 15.7. The predicted octanol–water partition coefficient (Wildman–Crippen LogP) is 2.33. The molecule has 5 nitrogen and oxygen atoms in total. The van der Waals surface area contributed by atoms with Gasteiger partial charge in [0, 0.05) is 24.7 Å². The third kappa shape index (κ3) is 2.86. The molecule has 0 unspecified atom stereocenters. The monoisotopic (exact) mass is 302 g/mol. The van der Waals surface area contributed by atoms with Crippen molar-refractivity contribution in [2.75, 3.05) is 11.4 Å². The lowest BCUT2D eigenvalue weighted by Crippen LogP contribution is -2.45. The second-order valence-electron chi connectivity index (χ2n) is 6.33. The molecule has 0 saturated carbocycles. The smallest absolute Gasteiger partial charge is 0.320 e. The quantitative estimate of drug-likeness (QED) is 0.899. The highest BCUT2D eigenvalue weighted by Gasteiger charge is 2.32. The maximum atomic E-state index is 11.9. The molecule has 3 rings (SSSR count). The topological polar surface area (TPSA) is 69.6 Å². The molecule has 2 N–H and O–H groups in total. The van der Waals surface area contributed by atoms with Crippen LogP contribution in [0.3, 0.4) is 0 Å². The molecule has 1 aromatic rings. The zero-order valence-electron chi connectivity index (χ0n) is 12.8. The number of carboxylic acid groups (broad SMARTS) is 1. The first kappa shape index (κ1) is 15.0. The maximum absolute atomic E-state index is 11.9. The number of rotatable bonds is 3. The van der Waals surface area contributed by atoms with E-state index < -0.39 is 12.0 Å². The fourth-order valence-corrected chi connectivity index (χ4v) is 3.49. The van der Waals surface area contributed by atoms with Gasteiger partial charge >= 0.3 is 5.97 Å². The summed E-state index contributed by atoms with van der Waals surface area (Å²) >= 11 is 0. The normalized spacial score (nSPS) is 28.9. The van der Waals surface area contributed by atoms with Crippen molar-refractivity contribution >= 4 is 17.6 Å². The van der Waals surface area contributed by atoms with Gasteiger partial charge in [-0.1, -0.05) is 19.1 Å². The van der Waals surface area contributed by atoms with Gasteiger partial charge in [0.05, 0.1) is 0 Å². The van der Waals surface area contributed by atoms with E-state index in [9.17, 15) is 14.7 Å².